The van der Waals surface area contributed by atoms with Crippen LogP contribution in [0.15, 0.2) is 84.9 Å². The second kappa shape index (κ2) is 8.70. The molecular weight excluding hydrogens is 412 g/mol. The standard InChI is InChI=1S/C26H24N6O/c1-18-8-12-21(13-9-18)23-16-24(20-6-4-3-5-7-20)32-26(28-29-30-32)31(23)17-25(33)27-22-14-10-19(2)11-15-22/h3-16,24H,17H2,1-2H3,(H,27,33). The second-order valence-electron chi connectivity index (χ2n) is 8.20. The van der Waals surface area contributed by atoms with Gasteiger partial charge in [0.25, 0.3) is 5.95 Å². The first-order valence-corrected chi connectivity index (χ1v) is 10.8. The van der Waals surface area contributed by atoms with Crippen LogP contribution in [0.4, 0.5) is 11.6 Å². The average Bonchev–Trinajstić information content (AvgIpc) is 3.32. The van der Waals surface area contributed by atoms with Crippen molar-refractivity contribution in [3.05, 3.63) is 107 Å². The number of allylic oxidation sites excluding steroid dienone is 1. The van der Waals surface area contributed by atoms with Gasteiger partial charge in [0, 0.05) is 5.69 Å². The number of rotatable bonds is 5. The predicted molar refractivity (Wildman–Crippen MR) is 129 cm³/mol. The summed E-state index contributed by atoms with van der Waals surface area (Å²) in [7, 11) is 0. The number of tetrazole rings is 1. The highest BCUT2D eigenvalue weighted by Gasteiger charge is 2.31. The van der Waals surface area contributed by atoms with Crippen LogP contribution in [0.2, 0.25) is 0 Å². The van der Waals surface area contributed by atoms with Gasteiger partial charge in [0.15, 0.2) is 0 Å². The summed E-state index contributed by atoms with van der Waals surface area (Å²) in [6.45, 7) is 4.15. The van der Waals surface area contributed by atoms with E-state index in [9.17, 15) is 4.79 Å². The SMILES string of the molecule is Cc1ccc(NC(=O)CN2C(c3ccc(C)cc3)=CC(c3ccccc3)n3nnnc32)cc1. The summed E-state index contributed by atoms with van der Waals surface area (Å²) >= 11 is 0. The number of aromatic nitrogens is 4. The van der Waals surface area contributed by atoms with Crippen molar-refractivity contribution in [2.45, 2.75) is 19.9 Å². The van der Waals surface area contributed by atoms with Crippen LogP contribution < -0.4 is 10.2 Å². The molecule has 2 heterocycles. The van der Waals surface area contributed by atoms with Gasteiger partial charge in [-0.15, -0.1) is 0 Å². The minimum absolute atomic E-state index is 0.0788. The van der Waals surface area contributed by atoms with E-state index in [2.05, 4.69) is 70.2 Å². The van der Waals surface area contributed by atoms with Crippen molar-refractivity contribution in [2.24, 2.45) is 0 Å². The highest BCUT2D eigenvalue weighted by molar-refractivity contribution is 5.97. The van der Waals surface area contributed by atoms with E-state index in [1.54, 1.807) is 4.68 Å². The summed E-state index contributed by atoms with van der Waals surface area (Å²) in [6.07, 6.45) is 2.11. The molecule has 33 heavy (non-hydrogen) atoms. The number of hydrogen-bond donors (Lipinski definition) is 1. The number of anilines is 2. The van der Waals surface area contributed by atoms with Gasteiger partial charge in [-0.3, -0.25) is 9.69 Å². The second-order valence-corrected chi connectivity index (χ2v) is 8.20. The molecule has 0 saturated carbocycles. The summed E-state index contributed by atoms with van der Waals surface area (Å²) in [6, 6.07) is 25.9. The number of carbonyl (C=O) groups is 1. The van der Waals surface area contributed by atoms with E-state index < -0.39 is 0 Å². The Bertz CT molecular complexity index is 1290. The Hall–Kier alpha value is -4.26. The maximum absolute atomic E-state index is 13.0. The molecule has 1 amide bonds. The number of nitrogens with one attached hydrogen (secondary N) is 1. The number of aryl methyl sites for hydroxylation is 2. The first kappa shape index (κ1) is 20.6. The average molecular weight is 437 g/mol. The molecule has 0 saturated heterocycles. The number of carbonyl (C=O) groups excluding carboxylic acids is 1. The molecule has 7 heteroatoms. The molecule has 1 unspecified atom stereocenters. The zero-order valence-electron chi connectivity index (χ0n) is 18.5. The van der Waals surface area contributed by atoms with E-state index >= 15 is 0 Å². The topological polar surface area (TPSA) is 75.9 Å². The smallest absolute Gasteiger partial charge is 0.251 e. The molecule has 164 valence electrons. The fourth-order valence-electron chi connectivity index (χ4n) is 3.97. The van der Waals surface area contributed by atoms with Crippen molar-refractivity contribution in [3.63, 3.8) is 0 Å². The number of fused-ring (bicyclic) bond motifs is 1. The molecule has 1 N–H and O–H groups in total. The lowest BCUT2D eigenvalue weighted by molar-refractivity contribution is -0.114. The van der Waals surface area contributed by atoms with Gasteiger partial charge in [0.05, 0.1) is 5.70 Å². The monoisotopic (exact) mass is 436 g/mol. The van der Waals surface area contributed by atoms with Crippen molar-refractivity contribution in [1.82, 2.24) is 20.2 Å². The van der Waals surface area contributed by atoms with Crippen LogP contribution in [0.3, 0.4) is 0 Å². The molecule has 0 fully saturated rings. The molecule has 3 aromatic carbocycles. The van der Waals surface area contributed by atoms with Crippen LogP contribution in [-0.2, 0) is 4.79 Å². The van der Waals surface area contributed by atoms with Gasteiger partial charge in [0.2, 0.25) is 5.91 Å². The third-order valence-electron chi connectivity index (χ3n) is 5.71. The summed E-state index contributed by atoms with van der Waals surface area (Å²) in [5.74, 6) is 0.380. The molecule has 1 aromatic heterocycles. The van der Waals surface area contributed by atoms with Crippen molar-refractivity contribution < 1.29 is 4.79 Å². The Morgan fingerprint density at radius 1 is 0.909 bits per heavy atom. The zero-order chi connectivity index (χ0) is 22.8. The molecule has 0 aliphatic carbocycles. The fraction of sp³-hybridized carbons (Fsp3) is 0.154. The van der Waals surface area contributed by atoms with Gasteiger partial charge in [0.1, 0.15) is 12.6 Å². The normalized spacial score (nSPS) is 15.0. The summed E-state index contributed by atoms with van der Waals surface area (Å²) in [5, 5.41) is 15.4. The van der Waals surface area contributed by atoms with E-state index in [0.717, 1.165) is 28.1 Å². The summed E-state index contributed by atoms with van der Waals surface area (Å²) in [4.78, 5) is 14.9. The van der Waals surface area contributed by atoms with E-state index in [4.69, 9.17) is 0 Å². The molecule has 1 aliphatic rings. The molecule has 4 aromatic rings. The van der Waals surface area contributed by atoms with Crippen molar-refractivity contribution >= 4 is 23.2 Å². The van der Waals surface area contributed by atoms with Crippen LogP contribution in [0.5, 0.6) is 0 Å². The first-order valence-electron chi connectivity index (χ1n) is 10.8. The lowest BCUT2D eigenvalue weighted by Crippen LogP contribution is -2.37. The van der Waals surface area contributed by atoms with Gasteiger partial charge < -0.3 is 5.32 Å². The van der Waals surface area contributed by atoms with Crippen molar-refractivity contribution in [2.75, 3.05) is 16.8 Å². The van der Waals surface area contributed by atoms with Crippen molar-refractivity contribution in [1.29, 1.82) is 0 Å². The van der Waals surface area contributed by atoms with E-state index in [0.29, 0.717) is 5.95 Å². The van der Waals surface area contributed by atoms with Crippen LogP contribution in [-0.4, -0.2) is 32.7 Å². The Labute approximate surface area is 192 Å². The van der Waals surface area contributed by atoms with Gasteiger partial charge >= 0.3 is 0 Å². The summed E-state index contributed by atoms with van der Waals surface area (Å²) in [5.41, 5.74) is 6.02. The third-order valence-corrected chi connectivity index (χ3v) is 5.71. The van der Waals surface area contributed by atoms with E-state index in [1.807, 2.05) is 54.3 Å². The molecule has 5 rings (SSSR count). The van der Waals surface area contributed by atoms with E-state index in [-0.39, 0.29) is 18.5 Å². The van der Waals surface area contributed by atoms with Gasteiger partial charge in [-0.1, -0.05) is 83.0 Å². The lowest BCUT2D eigenvalue weighted by Gasteiger charge is -2.32. The minimum Gasteiger partial charge on any atom is -0.325 e. The van der Waals surface area contributed by atoms with Crippen LogP contribution in [0.1, 0.15) is 28.3 Å². The maximum atomic E-state index is 13.0. The Kier molecular flexibility index (Phi) is 5.44. The van der Waals surface area contributed by atoms with Crippen LogP contribution in [0.25, 0.3) is 5.70 Å². The maximum Gasteiger partial charge on any atom is 0.251 e. The Morgan fingerprint density at radius 2 is 1.58 bits per heavy atom. The molecule has 1 aliphatic heterocycles. The quantitative estimate of drug-likeness (QED) is 0.503. The fourth-order valence-corrected chi connectivity index (χ4v) is 3.97. The number of hydrogen-bond acceptors (Lipinski definition) is 5. The van der Waals surface area contributed by atoms with Crippen molar-refractivity contribution in [3.8, 4) is 0 Å². The molecule has 7 nitrogen and oxygen atoms in total. The highest BCUT2D eigenvalue weighted by atomic mass is 16.2. The lowest BCUT2D eigenvalue weighted by atomic mass is 10.00. The molecule has 1 atom stereocenters. The number of benzene rings is 3. The molecule has 0 spiro atoms. The zero-order valence-corrected chi connectivity index (χ0v) is 18.5. The predicted octanol–water partition coefficient (Wildman–Crippen LogP) is 4.38. The number of nitrogens with zero attached hydrogens (tertiary/aromatic N) is 5. The van der Waals surface area contributed by atoms with Gasteiger partial charge in [-0.05, 0) is 53.6 Å². The van der Waals surface area contributed by atoms with E-state index in [1.165, 1.54) is 5.56 Å². The van der Waals surface area contributed by atoms with Crippen LogP contribution in [0, 0.1) is 13.8 Å². The first-order chi connectivity index (χ1) is 16.1. The Balaban J connectivity index is 1.52. The number of amides is 1. The third kappa shape index (κ3) is 4.25. The highest BCUT2D eigenvalue weighted by Crippen LogP contribution is 2.36. The van der Waals surface area contributed by atoms with Crippen LogP contribution >= 0.6 is 0 Å². The largest absolute Gasteiger partial charge is 0.325 e. The molecule has 0 radical (unpaired) electrons. The minimum atomic E-state index is -0.177. The van der Waals surface area contributed by atoms with Gasteiger partial charge in [-0.25, -0.2) is 0 Å². The Morgan fingerprint density at radius 3 is 2.27 bits per heavy atom. The summed E-state index contributed by atoms with van der Waals surface area (Å²) < 4.78 is 1.76. The molecule has 0 bridgehead atoms. The molecular formula is C26H24N6O. The van der Waals surface area contributed by atoms with Gasteiger partial charge in [-0.2, -0.15) is 4.68 Å².